The van der Waals surface area contributed by atoms with Gasteiger partial charge in [-0.3, -0.25) is 19.4 Å². The third-order valence-corrected chi connectivity index (χ3v) is 8.68. The van der Waals surface area contributed by atoms with Gasteiger partial charge in [0.1, 0.15) is 17.2 Å². The number of rotatable bonds is 5. The van der Waals surface area contributed by atoms with Gasteiger partial charge in [0.25, 0.3) is 5.91 Å². The Hall–Kier alpha value is -3.34. The maximum absolute atomic E-state index is 15.1. The zero-order chi connectivity index (χ0) is 26.6. The summed E-state index contributed by atoms with van der Waals surface area (Å²) in [6, 6.07) is 2.01. The van der Waals surface area contributed by atoms with Gasteiger partial charge >= 0.3 is 0 Å². The Morgan fingerprint density at radius 3 is 2.42 bits per heavy atom. The highest BCUT2D eigenvalue weighted by atomic mass is 19.1. The van der Waals surface area contributed by atoms with E-state index in [4.69, 9.17) is 4.98 Å². The highest BCUT2D eigenvalue weighted by molar-refractivity contribution is 6.11. The maximum atomic E-state index is 15.1. The number of amides is 2. The molecule has 3 aliphatic heterocycles. The van der Waals surface area contributed by atoms with E-state index in [9.17, 15) is 9.59 Å². The van der Waals surface area contributed by atoms with Crippen LogP contribution in [0.5, 0.6) is 0 Å². The molecule has 11 heteroatoms. The van der Waals surface area contributed by atoms with Crippen LogP contribution in [0.15, 0.2) is 18.5 Å². The number of halogens is 1. The average molecular weight is 523 g/mol. The Labute approximate surface area is 222 Å². The van der Waals surface area contributed by atoms with Crippen molar-refractivity contribution in [3.8, 4) is 0 Å². The number of nitrogens with one attached hydrogen (secondary N) is 1. The summed E-state index contributed by atoms with van der Waals surface area (Å²) in [5.41, 5.74) is 0.424. The molecule has 38 heavy (non-hydrogen) atoms. The molecule has 0 bridgehead atoms. The molecule has 1 unspecified atom stereocenters. The largest absolute Gasteiger partial charge is 0.365 e. The second kappa shape index (κ2) is 9.44. The minimum atomic E-state index is -0.928. The normalized spacial score (nSPS) is 24.4. The fraction of sp³-hybridized carbons (Fsp3) is 0.593. The van der Waals surface area contributed by atoms with Crippen molar-refractivity contribution in [1.29, 1.82) is 0 Å². The van der Waals surface area contributed by atoms with Crippen LogP contribution in [0.1, 0.15) is 51.5 Å². The monoisotopic (exact) mass is 522 g/mol. The quantitative estimate of drug-likeness (QED) is 0.595. The molecule has 2 aromatic rings. The van der Waals surface area contributed by atoms with Crippen LogP contribution in [-0.4, -0.2) is 87.4 Å². The Morgan fingerprint density at radius 1 is 1.05 bits per heavy atom. The minimum absolute atomic E-state index is 0.147. The van der Waals surface area contributed by atoms with Crippen LogP contribution < -0.4 is 15.1 Å². The van der Waals surface area contributed by atoms with Crippen molar-refractivity contribution in [1.82, 2.24) is 24.8 Å². The van der Waals surface area contributed by atoms with Crippen LogP contribution in [0.2, 0.25) is 0 Å². The Kier molecular flexibility index (Phi) is 6.20. The second-order valence-corrected chi connectivity index (χ2v) is 11.3. The molecule has 2 saturated heterocycles. The van der Waals surface area contributed by atoms with Crippen molar-refractivity contribution >= 4 is 35.1 Å². The van der Waals surface area contributed by atoms with Crippen molar-refractivity contribution in [3.63, 3.8) is 0 Å². The topological polar surface area (TPSA) is 97.8 Å². The fourth-order valence-corrected chi connectivity index (χ4v) is 6.59. The second-order valence-electron chi connectivity index (χ2n) is 11.3. The van der Waals surface area contributed by atoms with Crippen LogP contribution in [0.4, 0.5) is 27.7 Å². The van der Waals surface area contributed by atoms with E-state index in [0.29, 0.717) is 35.7 Å². The minimum Gasteiger partial charge on any atom is -0.365 e. The zero-order valence-electron chi connectivity index (χ0n) is 22.3. The van der Waals surface area contributed by atoms with E-state index in [-0.39, 0.29) is 30.1 Å². The number of pyridine rings is 1. The van der Waals surface area contributed by atoms with E-state index in [1.807, 2.05) is 4.90 Å². The summed E-state index contributed by atoms with van der Waals surface area (Å²) < 4.78 is 15.1. The molecule has 0 radical (unpaired) electrons. The number of likely N-dealkylation sites (N-methyl/N-ethyl adjacent to an activating group) is 1. The lowest BCUT2D eigenvalue weighted by Gasteiger charge is -2.38. The molecule has 1 atom stereocenters. The zero-order valence-corrected chi connectivity index (χ0v) is 22.3. The van der Waals surface area contributed by atoms with Crippen LogP contribution >= 0.6 is 0 Å². The maximum Gasteiger partial charge on any atom is 0.255 e. The Bertz CT molecular complexity index is 1260. The highest BCUT2D eigenvalue weighted by Gasteiger charge is 2.60. The van der Waals surface area contributed by atoms with Crippen molar-refractivity contribution in [3.05, 3.63) is 29.8 Å². The number of fused-ring (bicyclic) bond motifs is 1. The van der Waals surface area contributed by atoms with Gasteiger partial charge in [-0.05, 0) is 26.7 Å². The summed E-state index contributed by atoms with van der Waals surface area (Å²) in [7, 11) is 1.56. The number of carbonyl (C=O) groups is 2. The van der Waals surface area contributed by atoms with Gasteiger partial charge in [0.15, 0.2) is 5.82 Å². The molecule has 202 valence electrons. The number of imide groups is 1. The van der Waals surface area contributed by atoms with Crippen molar-refractivity contribution in [2.24, 2.45) is 0 Å². The van der Waals surface area contributed by atoms with Gasteiger partial charge < -0.3 is 15.1 Å². The van der Waals surface area contributed by atoms with Gasteiger partial charge in [-0.2, -0.15) is 4.98 Å². The molecule has 1 N–H and O–H groups in total. The predicted octanol–water partition coefficient (Wildman–Crippen LogP) is 2.72. The molecular weight excluding hydrogens is 487 g/mol. The van der Waals surface area contributed by atoms with E-state index < -0.39 is 5.54 Å². The number of hydrogen-bond acceptors (Lipinski definition) is 9. The molecule has 2 aromatic heterocycles. The molecular formula is C27H35FN8O2. The fourth-order valence-electron chi connectivity index (χ4n) is 6.59. The van der Waals surface area contributed by atoms with Crippen molar-refractivity contribution < 1.29 is 14.0 Å². The van der Waals surface area contributed by atoms with Crippen LogP contribution in [0.3, 0.4) is 0 Å². The SMILES string of the molecule is CC(C)N1CCN(c2cnc(Nc3ncc4c(n3)N(C3CCCC3)C3(CC(=O)N(C)C3=O)C4)cc2F)CC1. The molecule has 1 aliphatic carbocycles. The number of anilines is 4. The third-order valence-electron chi connectivity index (χ3n) is 8.68. The molecule has 10 nitrogen and oxygen atoms in total. The smallest absolute Gasteiger partial charge is 0.255 e. The number of carbonyl (C=O) groups excluding carboxylic acids is 2. The average Bonchev–Trinajstić information content (AvgIpc) is 3.58. The lowest BCUT2D eigenvalue weighted by atomic mass is 9.91. The van der Waals surface area contributed by atoms with Gasteiger partial charge in [-0.15, -0.1) is 0 Å². The van der Waals surface area contributed by atoms with Gasteiger partial charge in [0.2, 0.25) is 11.9 Å². The first kappa shape index (κ1) is 25.0. The summed E-state index contributed by atoms with van der Waals surface area (Å²) in [6.45, 7) is 7.65. The van der Waals surface area contributed by atoms with Crippen molar-refractivity contribution in [2.45, 2.75) is 70.0 Å². The summed E-state index contributed by atoms with van der Waals surface area (Å²) in [4.78, 5) is 47.4. The number of aromatic nitrogens is 3. The first-order valence-corrected chi connectivity index (χ1v) is 13.6. The van der Waals surface area contributed by atoms with Gasteiger partial charge in [-0.1, -0.05) is 12.8 Å². The van der Waals surface area contributed by atoms with E-state index in [2.05, 4.69) is 38.9 Å². The molecule has 6 rings (SSSR count). The molecule has 1 spiro atoms. The Balaban J connectivity index is 1.24. The van der Waals surface area contributed by atoms with E-state index in [1.165, 1.54) is 11.0 Å². The first-order chi connectivity index (χ1) is 18.3. The van der Waals surface area contributed by atoms with E-state index in [1.54, 1.807) is 19.4 Å². The lowest BCUT2D eigenvalue weighted by Crippen LogP contribution is -2.56. The Morgan fingerprint density at radius 2 is 1.79 bits per heavy atom. The third kappa shape index (κ3) is 4.07. The molecule has 3 fully saturated rings. The van der Waals surface area contributed by atoms with E-state index >= 15 is 4.39 Å². The lowest BCUT2D eigenvalue weighted by molar-refractivity contribution is -0.138. The van der Waals surface area contributed by atoms with Crippen LogP contribution in [0.25, 0.3) is 0 Å². The summed E-state index contributed by atoms with van der Waals surface area (Å²) in [6.07, 6.45) is 7.94. The highest BCUT2D eigenvalue weighted by Crippen LogP contribution is 2.47. The number of likely N-dealkylation sites (tertiary alicyclic amines) is 1. The molecule has 5 heterocycles. The number of nitrogens with zero attached hydrogens (tertiary/aromatic N) is 7. The summed E-state index contributed by atoms with van der Waals surface area (Å²) in [5, 5.41) is 3.06. The van der Waals surface area contributed by atoms with Crippen molar-refractivity contribution in [2.75, 3.05) is 48.3 Å². The summed E-state index contributed by atoms with van der Waals surface area (Å²) >= 11 is 0. The van der Waals surface area contributed by atoms with Gasteiger partial charge in [0.05, 0.1) is 18.3 Å². The van der Waals surface area contributed by atoms with Crippen LogP contribution in [-0.2, 0) is 16.0 Å². The predicted molar refractivity (Wildman–Crippen MR) is 142 cm³/mol. The molecule has 2 amide bonds. The molecule has 1 saturated carbocycles. The number of piperazine rings is 1. The summed E-state index contributed by atoms with van der Waals surface area (Å²) in [5.74, 6) is 0.619. The van der Waals surface area contributed by atoms with Gasteiger partial charge in [0, 0.05) is 69.6 Å². The number of hydrogen-bond donors (Lipinski definition) is 1. The first-order valence-electron chi connectivity index (χ1n) is 13.6. The standard InChI is InChI=1S/C27H35FN8O2/c1-17(2)34-8-10-35(11-9-34)21-16-29-22(12-20(21)28)31-26-30-15-18-13-27(14-23(37)33(3)25(27)38)36(24(18)32-26)19-6-4-5-7-19/h12,15-17,19H,4-11,13-14H2,1-3H3,(H,29,30,31,32). The molecule has 4 aliphatic rings. The van der Waals surface area contributed by atoms with E-state index in [0.717, 1.165) is 57.4 Å². The van der Waals surface area contributed by atoms with Crippen LogP contribution in [0, 0.1) is 5.82 Å². The molecule has 0 aromatic carbocycles. The van der Waals surface area contributed by atoms with Gasteiger partial charge in [-0.25, -0.2) is 14.4 Å².